The molecule has 4 saturated heterocycles. The highest BCUT2D eigenvalue weighted by Crippen LogP contribution is 2.28. The maximum absolute atomic E-state index is 11.8. The molecule has 0 aromatic carbocycles. The Morgan fingerprint density at radius 1 is 0.825 bits per heavy atom. The van der Waals surface area contributed by atoms with Gasteiger partial charge in [0.25, 0.3) is 0 Å². The average molecular weight is 604 g/mol. The smallest absolute Gasteiger partial charge is 0.323 e. The summed E-state index contributed by atoms with van der Waals surface area (Å²) in [5.41, 5.74) is 0. The van der Waals surface area contributed by atoms with Crippen LogP contribution in [-0.2, 0) is 32.0 Å². The van der Waals surface area contributed by atoms with Gasteiger partial charge in [-0.05, 0) is 32.6 Å². The van der Waals surface area contributed by atoms with Gasteiger partial charge >= 0.3 is 17.1 Å². The van der Waals surface area contributed by atoms with Crippen LogP contribution in [0.25, 0.3) is 0 Å². The molecular formula is C23H47B3O12Si2. The molecule has 17 heteroatoms. The van der Waals surface area contributed by atoms with E-state index in [9.17, 15) is 4.79 Å². The molecule has 40 heavy (non-hydrogen) atoms. The quantitative estimate of drug-likeness (QED) is 0.233. The number of rotatable bonds is 2. The number of Topliss-reactive ketones (excluding diaryl/α,β-unsaturated/α-hetero) is 1. The van der Waals surface area contributed by atoms with E-state index in [1.54, 1.807) is 0 Å². The number of ether oxygens (including phenoxy) is 3. The number of hydrogen-bond donors (Lipinski definition) is 5. The van der Waals surface area contributed by atoms with Crippen LogP contribution in [0, 0.1) is 0 Å². The van der Waals surface area contributed by atoms with Crippen LogP contribution in [0.2, 0.25) is 26.2 Å². The lowest BCUT2D eigenvalue weighted by atomic mass is 9.93. The van der Waals surface area contributed by atoms with E-state index in [0.717, 1.165) is 0 Å². The van der Waals surface area contributed by atoms with Gasteiger partial charge in [0.1, 0.15) is 54.1 Å². The number of ketones is 1. The molecule has 10 atom stereocenters. The number of hydrogen-bond acceptors (Lipinski definition) is 12. The minimum atomic E-state index is -2.39. The Kier molecular flexibility index (Phi) is 18.4. The van der Waals surface area contributed by atoms with Crippen LogP contribution in [0.15, 0.2) is 0 Å². The third kappa shape index (κ3) is 12.2. The number of aliphatic hydroxyl groups is 5. The maximum Gasteiger partial charge on any atom is 0.323 e. The average Bonchev–Trinajstić information content (AvgIpc) is 3.47. The molecule has 0 bridgehead atoms. The molecule has 5 N–H and O–H groups in total. The topological polar surface area (TPSA) is 174 Å². The fourth-order valence-corrected chi connectivity index (χ4v) is 10.6. The number of aliphatic hydroxyl groups excluding tert-OH is 5. The van der Waals surface area contributed by atoms with Gasteiger partial charge in [-0.2, -0.15) is 0 Å². The van der Waals surface area contributed by atoms with Gasteiger partial charge in [-0.15, -0.1) is 0 Å². The molecule has 4 aliphatic rings. The van der Waals surface area contributed by atoms with Crippen molar-refractivity contribution in [2.45, 2.75) is 121 Å². The standard InChI is InChI=1S/C9H17BO5Si2.C5H9BO4.C5H9BO3.2C2H6/c1-16(2)12-5-6-8(7(11)9(10)13-6)14-17(3,4)15-16;6-5-4(9)3(8)2(1-7)10-5;6-5-1-3(8)4(2-7)9-5;2*1-2/h6,8-9H,5H2,1-4H3;2-5,7-9H,1H2;3-5,7-8H,1-2H2;2*1-2H3. The molecule has 10 unspecified atom stereocenters. The number of fused-ring (bicyclic) bond motifs is 1. The zero-order valence-corrected chi connectivity index (χ0v) is 26.9. The maximum atomic E-state index is 11.8. The Hall–Kier alpha value is -0.141. The summed E-state index contributed by atoms with van der Waals surface area (Å²) in [6.07, 6.45) is -4.59. The number of carbonyl (C=O) groups excluding carboxylic acids is 1. The molecule has 0 amide bonds. The minimum absolute atomic E-state index is 0.158. The monoisotopic (exact) mass is 604 g/mol. The third-order valence-corrected chi connectivity index (χ3v) is 11.3. The molecule has 0 spiro atoms. The molecule has 228 valence electrons. The lowest BCUT2D eigenvalue weighted by Crippen LogP contribution is -2.56. The zero-order chi connectivity index (χ0) is 31.4. The molecule has 4 heterocycles. The normalized spacial score (nSPS) is 39.3. The van der Waals surface area contributed by atoms with Crippen LogP contribution in [0.1, 0.15) is 34.1 Å². The zero-order valence-electron chi connectivity index (χ0n) is 24.9. The van der Waals surface area contributed by atoms with Crippen molar-refractivity contribution in [3.63, 3.8) is 0 Å². The highest BCUT2D eigenvalue weighted by atomic mass is 28.5. The molecule has 0 aromatic rings. The fourth-order valence-electron chi connectivity index (χ4n) is 4.02. The van der Waals surface area contributed by atoms with Gasteiger partial charge in [-0.1, -0.05) is 27.7 Å². The Balaban J connectivity index is 0.000000569. The lowest BCUT2D eigenvalue weighted by molar-refractivity contribution is -0.124. The van der Waals surface area contributed by atoms with Crippen molar-refractivity contribution in [2.75, 3.05) is 19.8 Å². The summed E-state index contributed by atoms with van der Waals surface area (Å²) < 4.78 is 32.6. The molecule has 4 aliphatic heterocycles. The SMILES string of the molecule is CC.CC.[B]C1CC(O)C(CO)O1.[B]C1OC(CO)C(O)C1O.[B]C1OC2CO[Si](C)(C)O[Si](C)(C)OC2C1=O. The van der Waals surface area contributed by atoms with Crippen molar-refractivity contribution < 1.29 is 57.5 Å². The number of carbonyl (C=O) groups is 1. The first kappa shape index (κ1) is 39.9. The summed E-state index contributed by atoms with van der Waals surface area (Å²) in [6.45, 7) is 15.5. The van der Waals surface area contributed by atoms with Crippen LogP contribution in [0.3, 0.4) is 0 Å². The summed E-state index contributed by atoms with van der Waals surface area (Å²) >= 11 is 0. The first-order chi connectivity index (χ1) is 18.6. The molecule has 0 saturated carbocycles. The van der Waals surface area contributed by atoms with Gasteiger partial charge in [0.2, 0.25) is 0 Å². The first-order valence-corrected chi connectivity index (χ1v) is 19.3. The van der Waals surface area contributed by atoms with E-state index in [0.29, 0.717) is 13.0 Å². The van der Waals surface area contributed by atoms with Crippen LogP contribution in [-0.4, -0.2) is 153 Å². The molecule has 12 nitrogen and oxygen atoms in total. The van der Waals surface area contributed by atoms with Gasteiger partial charge in [-0.3, -0.25) is 4.79 Å². The van der Waals surface area contributed by atoms with Gasteiger partial charge in [0.05, 0.1) is 38.0 Å². The molecule has 0 aliphatic carbocycles. The second-order valence-electron chi connectivity index (χ2n) is 9.75. The van der Waals surface area contributed by atoms with Crippen LogP contribution < -0.4 is 0 Å². The van der Waals surface area contributed by atoms with Crippen LogP contribution in [0.4, 0.5) is 0 Å². The highest BCUT2D eigenvalue weighted by molar-refractivity contribution is 6.78. The van der Waals surface area contributed by atoms with Crippen LogP contribution >= 0.6 is 0 Å². The molecule has 6 radical (unpaired) electrons. The van der Waals surface area contributed by atoms with E-state index >= 15 is 0 Å². The van der Waals surface area contributed by atoms with Gasteiger partial charge in [-0.25, -0.2) is 0 Å². The summed E-state index contributed by atoms with van der Waals surface area (Å²) in [6, 6.07) is -2.19. The minimum Gasteiger partial charge on any atom is -0.415 e. The van der Waals surface area contributed by atoms with E-state index < -0.39 is 77.9 Å². The molecule has 4 fully saturated rings. The van der Waals surface area contributed by atoms with E-state index in [2.05, 4.69) is 0 Å². The Bertz CT molecular complexity index is 727. The fraction of sp³-hybridized carbons (Fsp3) is 0.957. The third-order valence-electron chi connectivity index (χ3n) is 5.73. The molecule has 0 aromatic heterocycles. The van der Waals surface area contributed by atoms with Gasteiger partial charge < -0.3 is 52.7 Å². The van der Waals surface area contributed by atoms with Crippen molar-refractivity contribution in [2.24, 2.45) is 0 Å². The first-order valence-electron chi connectivity index (χ1n) is 13.7. The summed E-state index contributed by atoms with van der Waals surface area (Å²) in [7, 11) is 11.5. The van der Waals surface area contributed by atoms with Crippen LogP contribution in [0.5, 0.6) is 0 Å². The van der Waals surface area contributed by atoms with Crippen molar-refractivity contribution in [3.8, 4) is 0 Å². The lowest BCUT2D eigenvalue weighted by Gasteiger charge is -2.38. The molecule has 4 rings (SSSR count). The van der Waals surface area contributed by atoms with E-state index in [4.69, 9.17) is 76.2 Å². The largest absolute Gasteiger partial charge is 0.415 e. The predicted octanol–water partition coefficient (Wildman–Crippen LogP) is -1.45. The van der Waals surface area contributed by atoms with Crippen molar-refractivity contribution >= 4 is 46.4 Å². The van der Waals surface area contributed by atoms with Crippen molar-refractivity contribution in [1.29, 1.82) is 0 Å². The molecular weight excluding hydrogens is 557 g/mol. The Labute approximate surface area is 244 Å². The van der Waals surface area contributed by atoms with Gasteiger partial charge in [0, 0.05) is 12.0 Å². The second kappa shape index (κ2) is 18.5. The predicted molar refractivity (Wildman–Crippen MR) is 155 cm³/mol. The van der Waals surface area contributed by atoms with E-state index in [1.165, 1.54) is 0 Å². The Morgan fingerprint density at radius 3 is 1.75 bits per heavy atom. The summed E-state index contributed by atoms with van der Waals surface area (Å²) in [5, 5.41) is 44.0. The Morgan fingerprint density at radius 2 is 1.38 bits per heavy atom. The van der Waals surface area contributed by atoms with E-state index in [1.807, 2.05) is 53.9 Å². The summed E-state index contributed by atoms with van der Waals surface area (Å²) in [5.74, 6) is -0.218. The van der Waals surface area contributed by atoms with Gasteiger partial charge in [0.15, 0.2) is 5.78 Å². The van der Waals surface area contributed by atoms with Crippen molar-refractivity contribution in [1.82, 2.24) is 0 Å². The van der Waals surface area contributed by atoms with E-state index in [-0.39, 0.29) is 19.0 Å². The highest BCUT2D eigenvalue weighted by Gasteiger charge is 2.50. The second-order valence-corrected chi connectivity index (χ2v) is 16.7. The van der Waals surface area contributed by atoms with Crippen molar-refractivity contribution in [3.05, 3.63) is 0 Å². The summed E-state index contributed by atoms with van der Waals surface area (Å²) in [4.78, 5) is 11.8.